The van der Waals surface area contributed by atoms with Crippen LogP contribution in [0.25, 0.3) is 0 Å². The molecule has 0 aliphatic carbocycles. The molecular formula is C17H19ClN4O. The second kappa shape index (κ2) is 6.54. The van der Waals surface area contributed by atoms with E-state index in [1.807, 2.05) is 24.9 Å². The van der Waals surface area contributed by atoms with Crippen LogP contribution in [-0.4, -0.2) is 47.0 Å². The summed E-state index contributed by atoms with van der Waals surface area (Å²) in [7, 11) is 0. The molecule has 0 saturated carbocycles. The van der Waals surface area contributed by atoms with E-state index in [9.17, 15) is 4.79 Å². The minimum Gasteiger partial charge on any atom is -0.337 e. The number of hydrogen-bond donors (Lipinski definition) is 0. The van der Waals surface area contributed by atoms with Gasteiger partial charge in [0.15, 0.2) is 0 Å². The van der Waals surface area contributed by atoms with Gasteiger partial charge in [-0.1, -0.05) is 17.7 Å². The molecule has 1 fully saturated rings. The molecule has 2 aromatic rings. The monoisotopic (exact) mass is 330 g/mol. The molecule has 1 aromatic carbocycles. The van der Waals surface area contributed by atoms with E-state index < -0.39 is 0 Å². The molecule has 0 bridgehead atoms. The first-order valence-corrected chi connectivity index (χ1v) is 8.02. The first kappa shape index (κ1) is 15.7. The minimum absolute atomic E-state index is 0.0214. The van der Waals surface area contributed by atoms with E-state index in [1.165, 1.54) is 0 Å². The van der Waals surface area contributed by atoms with Crippen LogP contribution in [0, 0.1) is 13.8 Å². The summed E-state index contributed by atoms with van der Waals surface area (Å²) in [4.78, 5) is 25.4. The Morgan fingerprint density at radius 2 is 1.91 bits per heavy atom. The molecule has 5 nitrogen and oxygen atoms in total. The zero-order chi connectivity index (χ0) is 16.4. The molecular weight excluding hydrogens is 312 g/mol. The normalized spacial score (nSPS) is 14.9. The largest absolute Gasteiger partial charge is 0.337 e. The lowest BCUT2D eigenvalue weighted by Gasteiger charge is -2.35. The summed E-state index contributed by atoms with van der Waals surface area (Å²) in [5, 5.41) is 0.581. The topological polar surface area (TPSA) is 49.3 Å². The van der Waals surface area contributed by atoms with E-state index in [2.05, 4.69) is 14.9 Å². The van der Waals surface area contributed by atoms with Crippen molar-refractivity contribution in [2.24, 2.45) is 0 Å². The van der Waals surface area contributed by atoms with Gasteiger partial charge in [0, 0.05) is 48.7 Å². The van der Waals surface area contributed by atoms with Crippen molar-refractivity contribution in [1.29, 1.82) is 0 Å². The fourth-order valence-corrected chi connectivity index (χ4v) is 2.77. The maximum atomic E-state index is 12.5. The van der Waals surface area contributed by atoms with E-state index in [4.69, 9.17) is 11.6 Å². The fourth-order valence-electron chi connectivity index (χ4n) is 2.58. The maximum Gasteiger partial charge on any atom is 0.254 e. The third-order valence-corrected chi connectivity index (χ3v) is 4.37. The van der Waals surface area contributed by atoms with Gasteiger partial charge in [0.25, 0.3) is 5.91 Å². The summed E-state index contributed by atoms with van der Waals surface area (Å²) < 4.78 is 0. The van der Waals surface area contributed by atoms with Gasteiger partial charge in [-0.25, -0.2) is 9.97 Å². The number of piperazine rings is 1. The van der Waals surface area contributed by atoms with Crippen LogP contribution < -0.4 is 4.90 Å². The predicted molar refractivity (Wildman–Crippen MR) is 91.1 cm³/mol. The van der Waals surface area contributed by atoms with Crippen molar-refractivity contribution < 1.29 is 4.79 Å². The third kappa shape index (κ3) is 3.45. The van der Waals surface area contributed by atoms with E-state index in [0.717, 1.165) is 30.3 Å². The van der Waals surface area contributed by atoms with Crippen molar-refractivity contribution in [2.75, 3.05) is 31.1 Å². The van der Waals surface area contributed by atoms with Crippen molar-refractivity contribution in [1.82, 2.24) is 14.9 Å². The molecule has 0 radical (unpaired) electrons. The van der Waals surface area contributed by atoms with E-state index >= 15 is 0 Å². The highest BCUT2D eigenvalue weighted by molar-refractivity contribution is 6.30. The number of anilines is 1. The van der Waals surface area contributed by atoms with Gasteiger partial charge in [0.2, 0.25) is 5.95 Å². The van der Waals surface area contributed by atoms with Crippen LogP contribution in [0.5, 0.6) is 0 Å². The standard InChI is InChI=1S/C17H19ClN4O/c1-12-11-19-17(20-13(12)2)22-8-6-21(7-9-22)16(23)14-4-3-5-15(18)10-14/h3-5,10-11H,6-9H2,1-2H3. The second-order valence-electron chi connectivity index (χ2n) is 5.73. The van der Waals surface area contributed by atoms with Crippen molar-refractivity contribution in [3.8, 4) is 0 Å². The first-order chi connectivity index (χ1) is 11.0. The molecule has 1 saturated heterocycles. The number of halogens is 1. The summed E-state index contributed by atoms with van der Waals surface area (Å²) in [5.74, 6) is 0.760. The van der Waals surface area contributed by atoms with Crippen molar-refractivity contribution in [2.45, 2.75) is 13.8 Å². The number of aryl methyl sites for hydroxylation is 2. The zero-order valence-electron chi connectivity index (χ0n) is 13.3. The number of rotatable bonds is 2. The SMILES string of the molecule is Cc1cnc(N2CCN(C(=O)c3cccc(Cl)c3)CC2)nc1C. The Kier molecular flexibility index (Phi) is 4.48. The Morgan fingerprint density at radius 1 is 1.17 bits per heavy atom. The van der Waals surface area contributed by atoms with Gasteiger partial charge >= 0.3 is 0 Å². The summed E-state index contributed by atoms with van der Waals surface area (Å²) in [5.41, 5.74) is 2.71. The van der Waals surface area contributed by atoms with Crippen LogP contribution in [0.2, 0.25) is 5.02 Å². The summed E-state index contributed by atoms with van der Waals surface area (Å²) in [6.45, 7) is 6.76. The Labute approximate surface area is 140 Å². The molecule has 0 unspecified atom stereocenters. The van der Waals surface area contributed by atoms with Crippen LogP contribution in [-0.2, 0) is 0 Å². The summed E-state index contributed by atoms with van der Waals surface area (Å²) >= 11 is 5.96. The van der Waals surface area contributed by atoms with Crippen LogP contribution in [0.1, 0.15) is 21.6 Å². The number of amides is 1. The van der Waals surface area contributed by atoms with Crippen molar-refractivity contribution in [3.05, 3.63) is 52.3 Å². The molecule has 2 heterocycles. The average molecular weight is 331 g/mol. The lowest BCUT2D eigenvalue weighted by Crippen LogP contribution is -2.49. The van der Waals surface area contributed by atoms with Crippen LogP contribution in [0.15, 0.2) is 30.5 Å². The summed E-state index contributed by atoms with van der Waals surface area (Å²) in [6, 6.07) is 7.08. The first-order valence-electron chi connectivity index (χ1n) is 7.64. The number of benzene rings is 1. The van der Waals surface area contributed by atoms with Gasteiger partial charge in [0.05, 0.1) is 0 Å². The van der Waals surface area contributed by atoms with Gasteiger partial charge in [0.1, 0.15) is 0 Å². The van der Waals surface area contributed by atoms with Crippen LogP contribution in [0.4, 0.5) is 5.95 Å². The van der Waals surface area contributed by atoms with Gasteiger partial charge in [-0.05, 0) is 37.6 Å². The Balaban J connectivity index is 1.66. The lowest BCUT2D eigenvalue weighted by molar-refractivity contribution is 0.0746. The number of nitrogens with zero attached hydrogens (tertiary/aromatic N) is 4. The number of carbonyl (C=O) groups is 1. The molecule has 120 valence electrons. The highest BCUT2D eigenvalue weighted by Gasteiger charge is 2.23. The van der Waals surface area contributed by atoms with E-state index in [0.29, 0.717) is 23.7 Å². The molecule has 1 aromatic heterocycles. The Bertz CT molecular complexity index is 726. The lowest BCUT2D eigenvalue weighted by atomic mass is 10.2. The van der Waals surface area contributed by atoms with E-state index in [-0.39, 0.29) is 5.91 Å². The van der Waals surface area contributed by atoms with E-state index in [1.54, 1.807) is 24.3 Å². The fraction of sp³-hybridized carbons (Fsp3) is 0.353. The molecule has 6 heteroatoms. The second-order valence-corrected chi connectivity index (χ2v) is 6.16. The molecule has 1 aliphatic heterocycles. The molecule has 1 aliphatic rings. The predicted octanol–water partition coefficient (Wildman–Crippen LogP) is 2.71. The molecule has 0 atom stereocenters. The molecule has 0 spiro atoms. The third-order valence-electron chi connectivity index (χ3n) is 4.13. The average Bonchev–Trinajstić information content (AvgIpc) is 2.57. The zero-order valence-corrected chi connectivity index (χ0v) is 14.0. The molecule has 23 heavy (non-hydrogen) atoms. The summed E-state index contributed by atoms with van der Waals surface area (Å²) in [6.07, 6.45) is 1.85. The highest BCUT2D eigenvalue weighted by Crippen LogP contribution is 2.16. The smallest absolute Gasteiger partial charge is 0.254 e. The molecule has 3 rings (SSSR count). The number of carbonyl (C=O) groups excluding carboxylic acids is 1. The Morgan fingerprint density at radius 3 is 2.57 bits per heavy atom. The van der Waals surface area contributed by atoms with Gasteiger partial charge < -0.3 is 9.80 Å². The van der Waals surface area contributed by atoms with Crippen LogP contribution >= 0.6 is 11.6 Å². The molecule has 1 amide bonds. The minimum atomic E-state index is 0.0214. The Hall–Kier alpha value is -2.14. The van der Waals surface area contributed by atoms with Crippen molar-refractivity contribution in [3.63, 3.8) is 0 Å². The van der Waals surface area contributed by atoms with Crippen LogP contribution in [0.3, 0.4) is 0 Å². The highest BCUT2D eigenvalue weighted by atomic mass is 35.5. The number of aromatic nitrogens is 2. The maximum absolute atomic E-state index is 12.5. The van der Waals surface area contributed by atoms with Gasteiger partial charge in [-0.3, -0.25) is 4.79 Å². The molecule has 0 N–H and O–H groups in total. The number of hydrogen-bond acceptors (Lipinski definition) is 4. The van der Waals surface area contributed by atoms with Crippen molar-refractivity contribution >= 4 is 23.5 Å². The quantitative estimate of drug-likeness (QED) is 0.849. The van der Waals surface area contributed by atoms with Gasteiger partial charge in [-0.2, -0.15) is 0 Å². The van der Waals surface area contributed by atoms with Gasteiger partial charge in [-0.15, -0.1) is 0 Å².